The number of fused-ring (bicyclic) bond motifs is 1. The van der Waals surface area contributed by atoms with Crippen molar-refractivity contribution in [1.29, 1.82) is 0 Å². The molecule has 0 bridgehead atoms. The van der Waals surface area contributed by atoms with E-state index in [1.807, 2.05) is 53.2 Å². The van der Waals surface area contributed by atoms with E-state index in [-0.39, 0.29) is 6.61 Å². The first kappa shape index (κ1) is 13.9. The largest absolute Gasteiger partial charge is 0.399 e. The summed E-state index contributed by atoms with van der Waals surface area (Å²) in [7, 11) is 0. The number of hydrogen-bond acceptors (Lipinski definition) is 6. The van der Waals surface area contributed by atoms with E-state index in [1.54, 1.807) is 0 Å². The highest BCUT2D eigenvalue weighted by atomic mass is 32.1. The molecule has 0 atom stereocenters. The van der Waals surface area contributed by atoms with E-state index in [0.717, 1.165) is 33.2 Å². The van der Waals surface area contributed by atoms with Crippen LogP contribution in [0.4, 0.5) is 5.69 Å². The van der Waals surface area contributed by atoms with Gasteiger partial charge in [-0.3, -0.25) is 4.40 Å². The smallest absolute Gasteiger partial charge is 0.148 e. The lowest BCUT2D eigenvalue weighted by Gasteiger charge is -2.04. The van der Waals surface area contributed by atoms with Gasteiger partial charge in [0.1, 0.15) is 15.7 Å². The normalized spacial score (nSPS) is 11.2. The summed E-state index contributed by atoms with van der Waals surface area (Å²) in [5.41, 5.74) is 10.3. The van der Waals surface area contributed by atoms with Crippen LogP contribution in [0.25, 0.3) is 27.5 Å². The van der Waals surface area contributed by atoms with E-state index in [4.69, 9.17) is 10.8 Å². The molecule has 0 aliphatic heterocycles. The number of imidazole rings is 1. The molecule has 0 aliphatic rings. The van der Waals surface area contributed by atoms with Gasteiger partial charge in [0, 0.05) is 23.0 Å². The summed E-state index contributed by atoms with van der Waals surface area (Å²) in [6, 6.07) is 11.6. The third-order valence-electron chi connectivity index (χ3n) is 3.54. The first-order valence-corrected chi connectivity index (χ1v) is 7.83. The van der Waals surface area contributed by atoms with Gasteiger partial charge in [0.25, 0.3) is 0 Å². The Morgan fingerprint density at radius 1 is 1.13 bits per heavy atom. The van der Waals surface area contributed by atoms with Crippen molar-refractivity contribution in [2.45, 2.75) is 6.61 Å². The molecule has 0 unspecified atom stereocenters. The topological polar surface area (TPSA) is 89.3 Å². The molecule has 0 saturated carbocycles. The summed E-state index contributed by atoms with van der Waals surface area (Å²) in [4.78, 5) is 4.47. The zero-order chi connectivity index (χ0) is 15.8. The van der Waals surface area contributed by atoms with Gasteiger partial charge in [0.2, 0.25) is 0 Å². The first-order chi connectivity index (χ1) is 11.2. The monoisotopic (exact) mass is 323 g/mol. The minimum absolute atomic E-state index is 0.0944. The average molecular weight is 323 g/mol. The molecule has 3 heterocycles. The molecule has 3 N–H and O–H groups in total. The van der Waals surface area contributed by atoms with Crippen molar-refractivity contribution in [3.63, 3.8) is 0 Å². The number of aliphatic hydroxyl groups excluding tert-OH is 1. The Labute approximate surface area is 135 Å². The number of aliphatic hydroxyl groups is 1. The Hall–Kier alpha value is -2.77. The van der Waals surface area contributed by atoms with Crippen LogP contribution in [0.3, 0.4) is 0 Å². The molecule has 7 heteroatoms. The summed E-state index contributed by atoms with van der Waals surface area (Å²) in [5, 5.41) is 18.5. The number of hydrogen-bond donors (Lipinski definition) is 2. The molecular weight excluding hydrogens is 310 g/mol. The number of nitrogen functional groups attached to an aromatic ring is 1. The number of anilines is 1. The van der Waals surface area contributed by atoms with Crippen LogP contribution in [0.1, 0.15) is 5.01 Å². The molecule has 4 aromatic rings. The van der Waals surface area contributed by atoms with Crippen LogP contribution in [-0.2, 0) is 6.61 Å². The SMILES string of the molecule is Nc1cccc(-c2cnc3cc(-c4nnc(CO)s4)ccn23)c1. The summed E-state index contributed by atoms with van der Waals surface area (Å²) in [6.07, 6.45) is 3.78. The number of rotatable bonds is 3. The highest BCUT2D eigenvalue weighted by Crippen LogP contribution is 2.27. The van der Waals surface area contributed by atoms with Gasteiger partial charge < -0.3 is 10.8 Å². The van der Waals surface area contributed by atoms with Gasteiger partial charge in [-0.1, -0.05) is 23.5 Å². The van der Waals surface area contributed by atoms with E-state index >= 15 is 0 Å². The molecule has 0 aliphatic carbocycles. The fourth-order valence-electron chi connectivity index (χ4n) is 2.46. The predicted molar refractivity (Wildman–Crippen MR) is 89.9 cm³/mol. The highest BCUT2D eigenvalue weighted by Gasteiger charge is 2.10. The fraction of sp³-hybridized carbons (Fsp3) is 0.0625. The second-order valence-electron chi connectivity index (χ2n) is 5.07. The van der Waals surface area contributed by atoms with Crippen molar-refractivity contribution >= 4 is 22.7 Å². The summed E-state index contributed by atoms with van der Waals surface area (Å²) in [6.45, 7) is -0.0944. The Bertz CT molecular complexity index is 991. The standard InChI is InChI=1S/C16H13N5OS/c17-12-3-1-2-10(6-12)13-8-18-14-7-11(4-5-21(13)14)16-20-19-15(9-22)23-16/h1-8,22H,9,17H2. The van der Waals surface area contributed by atoms with Crippen LogP contribution in [0, 0.1) is 0 Å². The summed E-state index contributed by atoms with van der Waals surface area (Å²) < 4.78 is 2.01. The maximum Gasteiger partial charge on any atom is 0.148 e. The fourth-order valence-corrected chi connectivity index (χ4v) is 3.16. The molecule has 0 fully saturated rings. The molecule has 0 amide bonds. The molecule has 114 valence electrons. The maximum absolute atomic E-state index is 9.10. The van der Waals surface area contributed by atoms with Crippen LogP contribution in [0.2, 0.25) is 0 Å². The van der Waals surface area contributed by atoms with E-state index in [0.29, 0.717) is 5.01 Å². The molecule has 3 aromatic heterocycles. The molecule has 6 nitrogen and oxygen atoms in total. The van der Waals surface area contributed by atoms with Crippen molar-refractivity contribution < 1.29 is 5.11 Å². The second kappa shape index (κ2) is 5.45. The molecule has 4 rings (SSSR count). The zero-order valence-electron chi connectivity index (χ0n) is 12.0. The number of pyridine rings is 1. The number of benzene rings is 1. The number of aromatic nitrogens is 4. The second-order valence-corrected chi connectivity index (χ2v) is 6.13. The molecule has 0 saturated heterocycles. The van der Waals surface area contributed by atoms with Gasteiger partial charge in [-0.15, -0.1) is 10.2 Å². The Morgan fingerprint density at radius 2 is 2.04 bits per heavy atom. The van der Waals surface area contributed by atoms with Gasteiger partial charge >= 0.3 is 0 Å². The minimum Gasteiger partial charge on any atom is -0.399 e. The van der Waals surface area contributed by atoms with E-state index in [9.17, 15) is 0 Å². The maximum atomic E-state index is 9.10. The van der Waals surface area contributed by atoms with E-state index < -0.39 is 0 Å². The van der Waals surface area contributed by atoms with Crippen molar-refractivity contribution in [3.05, 3.63) is 53.8 Å². The van der Waals surface area contributed by atoms with Gasteiger partial charge in [-0.2, -0.15) is 0 Å². The average Bonchev–Trinajstić information content (AvgIpc) is 3.21. The lowest BCUT2D eigenvalue weighted by atomic mass is 10.1. The number of nitrogens with two attached hydrogens (primary N) is 1. The lowest BCUT2D eigenvalue weighted by Crippen LogP contribution is -1.90. The third-order valence-corrected chi connectivity index (χ3v) is 4.50. The van der Waals surface area contributed by atoms with Gasteiger partial charge in [0.05, 0.1) is 18.5 Å². The van der Waals surface area contributed by atoms with E-state index in [1.165, 1.54) is 11.3 Å². The van der Waals surface area contributed by atoms with Crippen LogP contribution >= 0.6 is 11.3 Å². The Morgan fingerprint density at radius 3 is 2.83 bits per heavy atom. The van der Waals surface area contributed by atoms with Crippen LogP contribution in [0.5, 0.6) is 0 Å². The van der Waals surface area contributed by atoms with Crippen LogP contribution < -0.4 is 5.73 Å². The highest BCUT2D eigenvalue weighted by molar-refractivity contribution is 7.14. The van der Waals surface area contributed by atoms with Crippen molar-refractivity contribution in [1.82, 2.24) is 19.6 Å². The first-order valence-electron chi connectivity index (χ1n) is 7.01. The quantitative estimate of drug-likeness (QED) is 0.566. The van der Waals surface area contributed by atoms with Crippen molar-refractivity contribution in [2.24, 2.45) is 0 Å². The third kappa shape index (κ3) is 2.45. The van der Waals surface area contributed by atoms with Crippen LogP contribution in [0.15, 0.2) is 48.8 Å². The molecule has 1 aromatic carbocycles. The summed E-state index contributed by atoms with van der Waals surface area (Å²) >= 11 is 1.37. The number of nitrogens with zero attached hydrogens (tertiary/aromatic N) is 4. The zero-order valence-corrected chi connectivity index (χ0v) is 12.9. The van der Waals surface area contributed by atoms with Gasteiger partial charge in [-0.25, -0.2) is 4.98 Å². The Balaban J connectivity index is 1.80. The van der Waals surface area contributed by atoms with Gasteiger partial charge in [0.15, 0.2) is 0 Å². The van der Waals surface area contributed by atoms with Crippen LogP contribution in [-0.4, -0.2) is 24.7 Å². The molecule has 23 heavy (non-hydrogen) atoms. The minimum atomic E-state index is -0.0944. The molecule has 0 radical (unpaired) electrons. The predicted octanol–water partition coefficient (Wildman–Crippen LogP) is 2.59. The van der Waals surface area contributed by atoms with Crippen molar-refractivity contribution in [3.8, 4) is 21.8 Å². The lowest BCUT2D eigenvalue weighted by molar-refractivity contribution is 0.280. The van der Waals surface area contributed by atoms with Crippen molar-refractivity contribution in [2.75, 3.05) is 5.73 Å². The molecular formula is C16H13N5OS. The summed E-state index contributed by atoms with van der Waals surface area (Å²) in [5.74, 6) is 0. The molecule has 0 spiro atoms. The Kier molecular flexibility index (Phi) is 3.29. The van der Waals surface area contributed by atoms with Gasteiger partial charge in [-0.05, 0) is 24.3 Å². The van der Waals surface area contributed by atoms with E-state index in [2.05, 4.69) is 15.2 Å².